The molecule has 0 saturated heterocycles. The number of fused-ring (bicyclic) bond motifs is 2. The molecule has 0 amide bonds. The highest BCUT2D eigenvalue weighted by Gasteiger charge is 2.16. The van der Waals surface area contributed by atoms with Crippen molar-refractivity contribution in [1.29, 1.82) is 0 Å². The van der Waals surface area contributed by atoms with Crippen LogP contribution in [0.2, 0.25) is 0 Å². The van der Waals surface area contributed by atoms with E-state index in [4.69, 9.17) is 9.72 Å². The number of hydrogen-bond acceptors (Lipinski definition) is 6. The highest BCUT2D eigenvalue weighted by molar-refractivity contribution is 5.97. The lowest BCUT2D eigenvalue weighted by molar-refractivity contribution is 0.413. The van der Waals surface area contributed by atoms with Crippen molar-refractivity contribution in [1.82, 2.24) is 35.1 Å². The molecule has 0 saturated carbocycles. The number of rotatable bonds is 4. The van der Waals surface area contributed by atoms with Crippen LogP contribution in [0, 0.1) is 0 Å². The first-order valence-electron chi connectivity index (χ1n) is 10.0. The Morgan fingerprint density at radius 3 is 2.72 bits per heavy atom. The van der Waals surface area contributed by atoms with Crippen molar-refractivity contribution in [3.8, 4) is 39.8 Å². The van der Waals surface area contributed by atoms with Crippen molar-refractivity contribution in [3.63, 3.8) is 0 Å². The number of nitrogens with one attached hydrogen (secondary N) is 2. The number of aromatic amines is 2. The molecule has 6 rings (SSSR count). The second-order valence-corrected chi connectivity index (χ2v) is 7.30. The normalized spacial score (nSPS) is 11.3. The zero-order valence-electron chi connectivity index (χ0n) is 17.1. The van der Waals surface area contributed by atoms with Crippen LogP contribution in [0.4, 0.5) is 0 Å². The van der Waals surface area contributed by atoms with E-state index in [0.717, 1.165) is 50.1 Å². The Bertz CT molecular complexity index is 1570. The Hall–Kier alpha value is -4.59. The van der Waals surface area contributed by atoms with E-state index in [-0.39, 0.29) is 0 Å². The molecule has 8 heteroatoms. The second-order valence-electron chi connectivity index (χ2n) is 7.30. The molecule has 0 radical (unpaired) electrons. The number of nitrogens with zero attached hydrogens (tertiary/aromatic N) is 5. The molecule has 1 aromatic carbocycles. The van der Waals surface area contributed by atoms with Gasteiger partial charge in [0.2, 0.25) is 0 Å². The molecule has 6 aromatic rings. The zero-order valence-corrected chi connectivity index (χ0v) is 17.1. The van der Waals surface area contributed by atoms with Crippen molar-refractivity contribution < 1.29 is 4.74 Å². The Morgan fingerprint density at radius 1 is 0.875 bits per heavy atom. The van der Waals surface area contributed by atoms with Gasteiger partial charge in [-0.25, -0.2) is 4.98 Å². The zero-order chi connectivity index (χ0) is 21.5. The third-order valence-electron chi connectivity index (χ3n) is 5.37. The van der Waals surface area contributed by atoms with Gasteiger partial charge in [-0.2, -0.15) is 5.10 Å². The first kappa shape index (κ1) is 18.2. The predicted octanol–water partition coefficient (Wildman–Crippen LogP) is 4.63. The Balaban J connectivity index is 1.50. The number of imidazole rings is 1. The van der Waals surface area contributed by atoms with Gasteiger partial charge in [0.05, 0.1) is 47.4 Å². The fraction of sp³-hybridized carbons (Fsp3) is 0.0417. The van der Waals surface area contributed by atoms with Crippen LogP contribution in [0.1, 0.15) is 0 Å². The number of aromatic nitrogens is 7. The van der Waals surface area contributed by atoms with Crippen molar-refractivity contribution in [2.45, 2.75) is 0 Å². The number of hydrogen-bond donors (Lipinski definition) is 2. The van der Waals surface area contributed by atoms with Gasteiger partial charge in [-0.1, -0.05) is 18.2 Å². The summed E-state index contributed by atoms with van der Waals surface area (Å²) in [6.45, 7) is 0. The smallest absolute Gasteiger partial charge is 0.159 e. The van der Waals surface area contributed by atoms with Crippen LogP contribution in [0.15, 0.2) is 73.3 Å². The lowest BCUT2D eigenvalue weighted by Gasteiger charge is -2.03. The summed E-state index contributed by atoms with van der Waals surface area (Å²) >= 11 is 0. The molecule has 32 heavy (non-hydrogen) atoms. The molecule has 0 aliphatic rings. The Kier molecular flexibility index (Phi) is 4.14. The molecule has 0 atom stereocenters. The first-order valence-corrected chi connectivity index (χ1v) is 10.0. The molecule has 0 unspecified atom stereocenters. The maximum absolute atomic E-state index is 5.29. The summed E-state index contributed by atoms with van der Waals surface area (Å²) in [4.78, 5) is 21.5. The van der Waals surface area contributed by atoms with Gasteiger partial charge in [0.1, 0.15) is 11.4 Å². The molecule has 154 valence electrons. The van der Waals surface area contributed by atoms with Gasteiger partial charge >= 0.3 is 0 Å². The van der Waals surface area contributed by atoms with Crippen LogP contribution in [0.3, 0.4) is 0 Å². The van der Waals surface area contributed by atoms with Gasteiger partial charge in [0, 0.05) is 28.9 Å². The van der Waals surface area contributed by atoms with Crippen LogP contribution < -0.4 is 4.74 Å². The van der Waals surface area contributed by atoms with Gasteiger partial charge in [0.15, 0.2) is 5.82 Å². The maximum atomic E-state index is 5.29. The van der Waals surface area contributed by atoms with E-state index in [1.165, 1.54) is 0 Å². The maximum Gasteiger partial charge on any atom is 0.159 e. The van der Waals surface area contributed by atoms with Crippen LogP contribution in [0.25, 0.3) is 56.0 Å². The van der Waals surface area contributed by atoms with E-state index < -0.39 is 0 Å². The van der Waals surface area contributed by atoms with Crippen molar-refractivity contribution in [2.75, 3.05) is 7.11 Å². The van der Waals surface area contributed by atoms with Crippen LogP contribution in [-0.4, -0.2) is 42.2 Å². The van der Waals surface area contributed by atoms with Crippen LogP contribution in [0.5, 0.6) is 5.75 Å². The molecule has 0 spiro atoms. The van der Waals surface area contributed by atoms with Gasteiger partial charge in [-0.3, -0.25) is 20.1 Å². The largest absolute Gasteiger partial charge is 0.495 e. The highest BCUT2D eigenvalue weighted by Crippen LogP contribution is 2.32. The summed E-state index contributed by atoms with van der Waals surface area (Å²) < 4.78 is 5.29. The lowest BCUT2D eigenvalue weighted by atomic mass is 10.1. The SMILES string of the molecule is COc1cncc(-c2cc3c(-c4nc5c(-c6ccccn6)cccc5[nH]4)n[nH]c3cn2)c1. The summed E-state index contributed by atoms with van der Waals surface area (Å²) in [6.07, 6.45) is 6.98. The second kappa shape index (κ2) is 7.28. The van der Waals surface area contributed by atoms with Gasteiger partial charge in [0.25, 0.3) is 0 Å². The summed E-state index contributed by atoms with van der Waals surface area (Å²) in [5.74, 6) is 1.35. The molecule has 8 nitrogen and oxygen atoms in total. The molecule has 2 N–H and O–H groups in total. The first-order chi connectivity index (χ1) is 15.8. The fourth-order valence-corrected chi connectivity index (χ4v) is 3.80. The number of H-pyrrole nitrogens is 2. The van der Waals surface area contributed by atoms with E-state index in [2.05, 4.69) is 30.1 Å². The minimum absolute atomic E-state index is 0.676. The van der Waals surface area contributed by atoms with Crippen molar-refractivity contribution in [2.24, 2.45) is 0 Å². The topological polar surface area (TPSA) is 105 Å². The standard InChI is InChI=1S/C24H17N7O/c1-32-15-9-14(11-25-12-15)20-10-17-21(13-27-20)30-31-23(17)24-28-19-7-4-5-16(22(19)29-24)18-6-2-3-8-26-18/h2-13H,1H3,(H,28,29)(H,30,31). The quantitative estimate of drug-likeness (QED) is 0.431. The predicted molar refractivity (Wildman–Crippen MR) is 122 cm³/mol. The number of para-hydroxylation sites is 1. The number of benzene rings is 1. The number of methoxy groups -OCH3 is 1. The van der Waals surface area contributed by atoms with E-state index in [1.54, 1.807) is 31.9 Å². The molecule has 0 fully saturated rings. The Morgan fingerprint density at radius 2 is 1.84 bits per heavy atom. The van der Waals surface area contributed by atoms with E-state index >= 15 is 0 Å². The van der Waals surface area contributed by atoms with E-state index in [1.807, 2.05) is 48.5 Å². The summed E-state index contributed by atoms with van der Waals surface area (Å²) in [5.41, 5.74) is 6.80. The van der Waals surface area contributed by atoms with E-state index in [0.29, 0.717) is 11.6 Å². The van der Waals surface area contributed by atoms with Crippen LogP contribution in [-0.2, 0) is 0 Å². The number of ether oxygens (including phenoxy) is 1. The third kappa shape index (κ3) is 2.97. The molecule has 0 aliphatic carbocycles. The minimum Gasteiger partial charge on any atom is -0.495 e. The summed E-state index contributed by atoms with van der Waals surface area (Å²) in [7, 11) is 1.62. The monoisotopic (exact) mass is 419 g/mol. The molecule has 5 heterocycles. The molecule has 5 aromatic heterocycles. The van der Waals surface area contributed by atoms with Gasteiger partial charge < -0.3 is 9.72 Å². The van der Waals surface area contributed by atoms with Crippen LogP contribution >= 0.6 is 0 Å². The average molecular weight is 419 g/mol. The minimum atomic E-state index is 0.676. The average Bonchev–Trinajstić information content (AvgIpc) is 3.48. The summed E-state index contributed by atoms with van der Waals surface area (Å²) in [6, 6.07) is 15.8. The highest BCUT2D eigenvalue weighted by atomic mass is 16.5. The molecule has 0 bridgehead atoms. The number of pyridine rings is 3. The van der Waals surface area contributed by atoms with Gasteiger partial charge in [-0.15, -0.1) is 0 Å². The van der Waals surface area contributed by atoms with Crippen molar-refractivity contribution >= 4 is 21.9 Å². The molecular formula is C24H17N7O. The Labute approximate surface area is 182 Å². The molecular weight excluding hydrogens is 402 g/mol. The fourth-order valence-electron chi connectivity index (χ4n) is 3.80. The van der Waals surface area contributed by atoms with E-state index in [9.17, 15) is 0 Å². The molecule has 0 aliphatic heterocycles. The third-order valence-corrected chi connectivity index (χ3v) is 5.37. The lowest BCUT2D eigenvalue weighted by Crippen LogP contribution is -1.89. The summed E-state index contributed by atoms with van der Waals surface area (Å²) in [5, 5.41) is 8.48. The van der Waals surface area contributed by atoms with Crippen molar-refractivity contribution in [3.05, 3.63) is 73.3 Å². The van der Waals surface area contributed by atoms with Gasteiger partial charge in [-0.05, 0) is 30.3 Å².